The molecule has 13 heavy (non-hydrogen) atoms. The second-order valence-electron chi connectivity index (χ2n) is 2.77. The Hall–Kier alpha value is -0.840. The van der Waals surface area contributed by atoms with Crippen LogP contribution in [0.5, 0.6) is 0 Å². The molecule has 1 heterocycles. The Labute approximate surface area is 80.6 Å². The number of nitrogens with zero attached hydrogens (tertiary/aromatic N) is 1. The first-order valence-corrected chi connectivity index (χ1v) is 5.81. The fourth-order valence-electron chi connectivity index (χ4n) is 0.930. The predicted molar refractivity (Wildman–Crippen MR) is 55.4 cm³/mol. The lowest BCUT2D eigenvalue weighted by atomic mass is 10.6. The zero-order valence-electron chi connectivity index (χ0n) is 7.96. The minimum atomic E-state index is -0.698. The van der Waals surface area contributed by atoms with Crippen molar-refractivity contribution in [1.82, 2.24) is 9.97 Å². The molecular formula is C8H15N3OS. The third kappa shape index (κ3) is 3.59. The van der Waals surface area contributed by atoms with Crippen LogP contribution in [-0.4, -0.2) is 32.2 Å². The highest BCUT2D eigenvalue weighted by Gasteiger charge is 1.97. The fourth-order valence-corrected chi connectivity index (χ4v) is 1.55. The van der Waals surface area contributed by atoms with Gasteiger partial charge in [-0.25, -0.2) is 4.98 Å². The summed E-state index contributed by atoms with van der Waals surface area (Å²) < 4.78 is 11.0. The van der Waals surface area contributed by atoms with Crippen LogP contribution in [0.25, 0.3) is 0 Å². The van der Waals surface area contributed by atoms with Crippen LogP contribution in [0, 0.1) is 6.92 Å². The first-order valence-electron chi connectivity index (χ1n) is 4.33. The standard InChI is InChI=1S/C8H15N3OS/c1-3-13(12)5-4-9-8-10-6-7(2)11-8/h6H,3-5H2,1-2H3,(H2,9,10,11). The Morgan fingerprint density at radius 1 is 1.69 bits per heavy atom. The number of nitrogens with one attached hydrogen (secondary N) is 2. The number of aromatic amines is 1. The number of imidazole rings is 1. The normalized spacial score (nSPS) is 12.8. The van der Waals surface area contributed by atoms with Gasteiger partial charge in [0.1, 0.15) is 0 Å². The number of hydrogen-bond acceptors (Lipinski definition) is 3. The van der Waals surface area contributed by atoms with Crippen molar-refractivity contribution >= 4 is 16.7 Å². The third-order valence-corrected chi connectivity index (χ3v) is 2.95. The number of aromatic nitrogens is 2. The lowest BCUT2D eigenvalue weighted by Crippen LogP contribution is -2.12. The molecule has 0 saturated carbocycles. The van der Waals surface area contributed by atoms with Crippen molar-refractivity contribution in [3.05, 3.63) is 11.9 Å². The van der Waals surface area contributed by atoms with E-state index in [0.717, 1.165) is 17.4 Å². The Morgan fingerprint density at radius 3 is 3.00 bits per heavy atom. The van der Waals surface area contributed by atoms with Crippen LogP contribution in [0.15, 0.2) is 6.20 Å². The molecule has 0 fully saturated rings. The first-order chi connectivity index (χ1) is 6.22. The maximum Gasteiger partial charge on any atom is 0.200 e. The van der Waals surface area contributed by atoms with E-state index in [1.807, 2.05) is 13.8 Å². The largest absolute Gasteiger partial charge is 0.355 e. The molecule has 1 atom stereocenters. The summed E-state index contributed by atoms with van der Waals surface area (Å²) in [6.07, 6.45) is 1.76. The van der Waals surface area contributed by atoms with Gasteiger partial charge < -0.3 is 10.3 Å². The molecular weight excluding hydrogens is 186 g/mol. The van der Waals surface area contributed by atoms with Gasteiger partial charge in [-0.1, -0.05) is 6.92 Å². The van der Waals surface area contributed by atoms with Gasteiger partial charge in [-0.15, -0.1) is 0 Å². The number of rotatable bonds is 5. The number of H-pyrrole nitrogens is 1. The second-order valence-corrected chi connectivity index (χ2v) is 4.64. The van der Waals surface area contributed by atoms with Crippen LogP contribution >= 0.6 is 0 Å². The van der Waals surface area contributed by atoms with E-state index in [1.54, 1.807) is 6.20 Å². The van der Waals surface area contributed by atoms with E-state index in [0.29, 0.717) is 12.3 Å². The average Bonchev–Trinajstić information content (AvgIpc) is 2.51. The molecule has 1 rings (SSSR count). The van der Waals surface area contributed by atoms with Crippen molar-refractivity contribution in [2.45, 2.75) is 13.8 Å². The summed E-state index contributed by atoms with van der Waals surface area (Å²) in [6, 6.07) is 0. The zero-order chi connectivity index (χ0) is 9.68. The molecule has 0 amide bonds. The zero-order valence-corrected chi connectivity index (χ0v) is 8.78. The van der Waals surface area contributed by atoms with Crippen molar-refractivity contribution in [1.29, 1.82) is 0 Å². The molecule has 0 spiro atoms. The SMILES string of the molecule is CCS(=O)CCNc1ncc(C)[nH]1. The molecule has 2 N–H and O–H groups in total. The average molecular weight is 201 g/mol. The Kier molecular flexibility index (Phi) is 3.95. The molecule has 74 valence electrons. The van der Waals surface area contributed by atoms with Crippen LogP contribution in [0.4, 0.5) is 5.95 Å². The highest BCUT2D eigenvalue weighted by atomic mass is 32.2. The Morgan fingerprint density at radius 2 is 2.46 bits per heavy atom. The number of hydrogen-bond donors (Lipinski definition) is 2. The van der Waals surface area contributed by atoms with Gasteiger partial charge in [-0.05, 0) is 6.92 Å². The first kappa shape index (κ1) is 10.2. The van der Waals surface area contributed by atoms with Crippen LogP contribution < -0.4 is 5.32 Å². The molecule has 0 radical (unpaired) electrons. The predicted octanol–water partition coefficient (Wildman–Crippen LogP) is 0.899. The summed E-state index contributed by atoms with van der Waals surface area (Å²) >= 11 is 0. The minimum absolute atomic E-state index is 0.677. The summed E-state index contributed by atoms with van der Waals surface area (Å²) in [5, 5.41) is 3.07. The summed E-state index contributed by atoms with van der Waals surface area (Å²) in [5.41, 5.74) is 1.03. The van der Waals surface area contributed by atoms with Crippen molar-refractivity contribution in [2.75, 3.05) is 23.4 Å². The topological polar surface area (TPSA) is 57.8 Å². The van der Waals surface area contributed by atoms with E-state index in [2.05, 4.69) is 15.3 Å². The Balaban J connectivity index is 2.24. The molecule has 0 saturated heterocycles. The number of aryl methyl sites for hydroxylation is 1. The molecule has 0 aromatic carbocycles. The maximum absolute atomic E-state index is 11.0. The minimum Gasteiger partial charge on any atom is -0.355 e. The summed E-state index contributed by atoms with van der Waals surface area (Å²) in [7, 11) is -0.698. The van der Waals surface area contributed by atoms with Crippen molar-refractivity contribution in [2.24, 2.45) is 0 Å². The molecule has 5 heteroatoms. The van der Waals surface area contributed by atoms with Gasteiger partial charge in [-0.2, -0.15) is 0 Å². The lowest BCUT2D eigenvalue weighted by Gasteiger charge is -2.00. The molecule has 4 nitrogen and oxygen atoms in total. The highest BCUT2D eigenvalue weighted by Crippen LogP contribution is 1.99. The molecule has 1 unspecified atom stereocenters. The van der Waals surface area contributed by atoms with Gasteiger partial charge >= 0.3 is 0 Å². The lowest BCUT2D eigenvalue weighted by molar-refractivity contribution is 0.684. The van der Waals surface area contributed by atoms with Gasteiger partial charge in [0.2, 0.25) is 0 Å². The van der Waals surface area contributed by atoms with E-state index < -0.39 is 10.8 Å². The molecule has 1 aromatic heterocycles. The summed E-state index contributed by atoms with van der Waals surface area (Å²) in [6.45, 7) is 4.57. The van der Waals surface area contributed by atoms with Crippen LogP contribution in [0.3, 0.4) is 0 Å². The van der Waals surface area contributed by atoms with Crippen LogP contribution in [0.2, 0.25) is 0 Å². The smallest absolute Gasteiger partial charge is 0.200 e. The van der Waals surface area contributed by atoms with E-state index >= 15 is 0 Å². The molecule has 0 aliphatic rings. The van der Waals surface area contributed by atoms with Gasteiger partial charge in [0.05, 0.1) is 0 Å². The Bertz CT molecular complexity index is 285. The molecule has 0 aliphatic heterocycles. The molecule has 1 aromatic rings. The molecule has 0 aliphatic carbocycles. The van der Waals surface area contributed by atoms with Gasteiger partial charge in [-0.3, -0.25) is 4.21 Å². The van der Waals surface area contributed by atoms with Crippen molar-refractivity contribution < 1.29 is 4.21 Å². The van der Waals surface area contributed by atoms with Gasteiger partial charge in [0.15, 0.2) is 5.95 Å². The van der Waals surface area contributed by atoms with Crippen molar-refractivity contribution in [3.63, 3.8) is 0 Å². The quantitative estimate of drug-likeness (QED) is 0.744. The maximum atomic E-state index is 11.0. The van der Waals surface area contributed by atoms with Crippen LogP contribution in [-0.2, 0) is 10.8 Å². The summed E-state index contributed by atoms with van der Waals surface area (Å²) in [5.74, 6) is 2.15. The number of anilines is 1. The van der Waals surface area contributed by atoms with Gasteiger partial charge in [0, 0.05) is 40.7 Å². The van der Waals surface area contributed by atoms with E-state index in [-0.39, 0.29) is 0 Å². The second kappa shape index (κ2) is 5.01. The molecule has 0 bridgehead atoms. The van der Waals surface area contributed by atoms with Crippen molar-refractivity contribution in [3.8, 4) is 0 Å². The van der Waals surface area contributed by atoms with E-state index in [4.69, 9.17) is 0 Å². The van der Waals surface area contributed by atoms with E-state index in [1.165, 1.54) is 0 Å². The third-order valence-electron chi connectivity index (χ3n) is 1.65. The fraction of sp³-hybridized carbons (Fsp3) is 0.625. The van der Waals surface area contributed by atoms with Crippen LogP contribution in [0.1, 0.15) is 12.6 Å². The highest BCUT2D eigenvalue weighted by molar-refractivity contribution is 7.84. The van der Waals surface area contributed by atoms with Gasteiger partial charge in [0.25, 0.3) is 0 Å². The summed E-state index contributed by atoms with van der Waals surface area (Å²) in [4.78, 5) is 7.12. The van der Waals surface area contributed by atoms with E-state index in [9.17, 15) is 4.21 Å². The monoisotopic (exact) mass is 201 g/mol.